The average molecular weight is 252 g/mol. The Labute approximate surface area is 105 Å². The van der Waals surface area contributed by atoms with Crippen molar-refractivity contribution >= 4 is 11.8 Å². The van der Waals surface area contributed by atoms with Gasteiger partial charge in [0.15, 0.2) is 0 Å². The van der Waals surface area contributed by atoms with E-state index in [0.29, 0.717) is 16.1 Å². The van der Waals surface area contributed by atoms with Crippen molar-refractivity contribution in [2.24, 2.45) is 0 Å². The van der Waals surface area contributed by atoms with Gasteiger partial charge in [-0.1, -0.05) is 12.1 Å². The number of aryl methyl sites for hydroxylation is 1. The molecule has 92 valence electrons. The molecule has 3 heteroatoms. The summed E-state index contributed by atoms with van der Waals surface area (Å²) in [4.78, 5) is 0. The minimum absolute atomic E-state index is 0.189. The molecule has 2 heterocycles. The van der Waals surface area contributed by atoms with Crippen molar-refractivity contribution in [1.29, 1.82) is 0 Å². The third-order valence-corrected chi connectivity index (χ3v) is 5.60. The summed E-state index contributed by atoms with van der Waals surface area (Å²) < 4.78 is 13.3. The Bertz CT molecular complexity index is 434. The van der Waals surface area contributed by atoms with Crippen LogP contribution in [0.2, 0.25) is 0 Å². The van der Waals surface area contributed by atoms with Crippen LogP contribution in [-0.2, 0) is 5.60 Å². The van der Waals surface area contributed by atoms with E-state index >= 15 is 0 Å². The second-order valence-electron chi connectivity index (χ2n) is 5.36. The van der Waals surface area contributed by atoms with Crippen molar-refractivity contribution < 1.29 is 9.50 Å². The molecule has 2 atom stereocenters. The van der Waals surface area contributed by atoms with Crippen LogP contribution >= 0.6 is 11.8 Å². The van der Waals surface area contributed by atoms with E-state index in [4.69, 9.17) is 0 Å². The SMILES string of the molecule is Cc1cc(C2(O)CC3CCC(C2)S3)ccc1F. The van der Waals surface area contributed by atoms with Gasteiger partial charge in [0.2, 0.25) is 0 Å². The molecule has 1 nitrogen and oxygen atoms in total. The summed E-state index contributed by atoms with van der Waals surface area (Å²) in [7, 11) is 0. The summed E-state index contributed by atoms with van der Waals surface area (Å²) >= 11 is 2.02. The van der Waals surface area contributed by atoms with Gasteiger partial charge in [-0.25, -0.2) is 4.39 Å². The lowest BCUT2D eigenvalue weighted by Gasteiger charge is -2.36. The van der Waals surface area contributed by atoms with Crippen molar-refractivity contribution in [3.8, 4) is 0 Å². The molecule has 0 aromatic heterocycles. The van der Waals surface area contributed by atoms with E-state index < -0.39 is 5.60 Å². The molecule has 0 saturated carbocycles. The van der Waals surface area contributed by atoms with Gasteiger partial charge in [0, 0.05) is 10.5 Å². The van der Waals surface area contributed by atoms with Crippen LogP contribution in [0.1, 0.15) is 36.8 Å². The molecule has 2 unspecified atom stereocenters. The Hall–Kier alpha value is -0.540. The number of fused-ring (bicyclic) bond motifs is 2. The largest absolute Gasteiger partial charge is 0.385 e. The molecular formula is C14H17FOS. The highest BCUT2D eigenvalue weighted by molar-refractivity contribution is 8.00. The number of rotatable bonds is 1. The Kier molecular flexibility index (Phi) is 2.71. The highest BCUT2D eigenvalue weighted by Crippen LogP contribution is 2.51. The van der Waals surface area contributed by atoms with Gasteiger partial charge in [-0.15, -0.1) is 0 Å². The lowest BCUT2D eigenvalue weighted by molar-refractivity contribution is 0.0195. The van der Waals surface area contributed by atoms with Crippen molar-refractivity contribution in [2.45, 2.75) is 48.7 Å². The first-order chi connectivity index (χ1) is 8.07. The maximum Gasteiger partial charge on any atom is 0.126 e. The molecule has 17 heavy (non-hydrogen) atoms. The van der Waals surface area contributed by atoms with Gasteiger partial charge in [-0.05, 0) is 49.8 Å². The minimum Gasteiger partial charge on any atom is -0.385 e. The number of hydrogen-bond donors (Lipinski definition) is 1. The first-order valence-electron chi connectivity index (χ1n) is 6.21. The summed E-state index contributed by atoms with van der Waals surface area (Å²) in [6.07, 6.45) is 4.08. The molecule has 3 rings (SSSR count). The van der Waals surface area contributed by atoms with Crippen molar-refractivity contribution in [2.75, 3.05) is 0 Å². The predicted octanol–water partition coefficient (Wildman–Crippen LogP) is 3.38. The standard InChI is InChI=1S/C14H17FOS/c1-9-6-10(2-5-13(9)15)14(16)7-11-3-4-12(8-14)17-11/h2,5-6,11-12,16H,3-4,7-8H2,1H3. The summed E-state index contributed by atoms with van der Waals surface area (Å²) in [5, 5.41) is 12.0. The van der Waals surface area contributed by atoms with Gasteiger partial charge in [-0.3, -0.25) is 0 Å². The third-order valence-electron chi connectivity index (χ3n) is 4.02. The van der Waals surface area contributed by atoms with E-state index in [9.17, 15) is 9.50 Å². The van der Waals surface area contributed by atoms with Crippen LogP contribution in [-0.4, -0.2) is 15.6 Å². The van der Waals surface area contributed by atoms with Gasteiger partial charge < -0.3 is 5.11 Å². The van der Waals surface area contributed by atoms with Gasteiger partial charge in [0.05, 0.1) is 5.60 Å². The normalized spacial score (nSPS) is 36.2. The summed E-state index contributed by atoms with van der Waals surface area (Å²) in [5.41, 5.74) is 0.797. The molecule has 0 aliphatic carbocycles. The molecule has 2 aliphatic rings. The van der Waals surface area contributed by atoms with E-state index in [0.717, 1.165) is 18.4 Å². The lowest BCUT2D eigenvalue weighted by atomic mass is 9.85. The Balaban J connectivity index is 1.94. The van der Waals surface area contributed by atoms with Crippen LogP contribution in [0.25, 0.3) is 0 Å². The maximum absolute atomic E-state index is 13.3. The second kappa shape index (κ2) is 3.99. The second-order valence-corrected chi connectivity index (χ2v) is 6.97. The highest BCUT2D eigenvalue weighted by Gasteiger charge is 2.44. The number of aliphatic hydroxyl groups is 1. The summed E-state index contributed by atoms with van der Waals surface area (Å²) in [5.74, 6) is -0.189. The van der Waals surface area contributed by atoms with Gasteiger partial charge in [-0.2, -0.15) is 11.8 Å². The third kappa shape index (κ3) is 2.00. The molecule has 0 spiro atoms. The molecule has 2 fully saturated rings. The predicted molar refractivity (Wildman–Crippen MR) is 68.7 cm³/mol. The number of hydrogen-bond acceptors (Lipinski definition) is 2. The molecule has 1 aromatic rings. The quantitative estimate of drug-likeness (QED) is 0.827. The lowest BCUT2D eigenvalue weighted by Crippen LogP contribution is -2.34. The topological polar surface area (TPSA) is 20.2 Å². The van der Waals surface area contributed by atoms with Crippen LogP contribution in [0.3, 0.4) is 0 Å². The van der Waals surface area contributed by atoms with E-state index in [2.05, 4.69) is 0 Å². The van der Waals surface area contributed by atoms with Gasteiger partial charge >= 0.3 is 0 Å². The minimum atomic E-state index is -0.727. The van der Waals surface area contributed by atoms with Crippen molar-refractivity contribution in [1.82, 2.24) is 0 Å². The van der Waals surface area contributed by atoms with Crippen molar-refractivity contribution in [3.05, 3.63) is 35.1 Å². The number of benzene rings is 1. The van der Waals surface area contributed by atoms with Crippen LogP contribution in [0.4, 0.5) is 4.39 Å². The van der Waals surface area contributed by atoms with E-state index in [1.165, 1.54) is 18.9 Å². The van der Waals surface area contributed by atoms with Gasteiger partial charge in [0.1, 0.15) is 5.82 Å². The molecular weight excluding hydrogens is 235 g/mol. The smallest absolute Gasteiger partial charge is 0.126 e. The van der Waals surface area contributed by atoms with Crippen LogP contribution in [0, 0.1) is 12.7 Å². The van der Waals surface area contributed by atoms with Crippen molar-refractivity contribution in [3.63, 3.8) is 0 Å². The zero-order valence-electron chi connectivity index (χ0n) is 9.95. The molecule has 0 radical (unpaired) electrons. The number of halogens is 1. The van der Waals surface area contributed by atoms with Gasteiger partial charge in [0.25, 0.3) is 0 Å². The molecule has 1 aromatic carbocycles. The first kappa shape index (κ1) is 11.5. The molecule has 1 N–H and O–H groups in total. The zero-order chi connectivity index (χ0) is 12.0. The maximum atomic E-state index is 13.3. The summed E-state index contributed by atoms with van der Waals surface area (Å²) in [6.45, 7) is 1.76. The highest BCUT2D eigenvalue weighted by atomic mass is 32.2. The molecule has 0 amide bonds. The fraction of sp³-hybridized carbons (Fsp3) is 0.571. The Morgan fingerprint density at radius 1 is 1.29 bits per heavy atom. The molecule has 2 saturated heterocycles. The Morgan fingerprint density at radius 3 is 2.53 bits per heavy atom. The van der Waals surface area contributed by atoms with E-state index in [1.54, 1.807) is 13.0 Å². The van der Waals surface area contributed by atoms with Crippen LogP contribution in [0.5, 0.6) is 0 Å². The Morgan fingerprint density at radius 2 is 1.94 bits per heavy atom. The van der Waals surface area contributed by atoms with E-state index in [-0.39, 0.29) is 5.82 Å². The van der Waals surface area contributed by atoms with Crippen LogP contribution in [0.15, 0.2) is 18.2 Å². The average Bonchev–Trinajstić information content (AvgIpc) is 2.62. The molecule has 2 aliphatic heterocycles. The van der Waals surface area contributed by atoms with E-state index in [1.807, 2.05) is 17.8 Å². The molecule has 2 bridgehead atoms. The zero-order valence-corrected chi connectivity index (χ0v) is 10.8. The van der Waals surface area contributed by atoms with Crippen LogP contribution < -0.4 is 0 Å². The first-order valence-corrected chi connectivity index (χ1v) is 7.15. The number of thioether (sulfide) groups is 1. The fourth-order valence-electron chi connectivity index (χ4n) is 3.09. The monoisotopic (exact) mass is 252 g/mol. The fourth-order valence-corrected chi connectivity index (χ4v) is 4.92. The summed E-state index contributed by atoms with van der Waals surface area (Å²) in [6, 6.07) is 5.04.